The zero-order chi connectivity index (χ0) is 22.0. The smallest absolute Gasteiger partial charge is 0.251 e. The molecule has 0 aliphatic carbocycles. The lowest BCUT2D eigenvalue weighted by atomic mass is 9.99. The Bertz CT molecular complexity index is 1080. The van der Waals surface area contributed by atoms with Gasteiger partial charge < -0.3 is 14.8 Å². The Balaban J connectivity index is 1.57. The normalized spacial score (nSPS) is 15.8. The lowest BCUT2D eigenvalue weighted by Gasteiger charge is -2.30. The van der Waals surface area contributed by atoms with E-state index in [2.05, 4.69) is 12.2 Å². The quantitative estimate of drug-likeness (QED) is 0.640. The van der Waals surface area contributed by atoms with Crippen molar-refractivity contribution >= 4 is 34.4 Å². The zero-order valence-corrected chi connectivity index (χ0v) is 18.6. The van der Waals surface area contributed by atoms with Crippen molar-refractivity contribution in [1.29, 1.82) is 0 Å². The molecule has 31 heavy (non-hydrogen) atoms. The highest BCUT2D eigenvalue weighted by Gasteiger charge is 2.24. The standard InChI is InChI=1S/C24H27ClN4O2/c1-16-11-13-28(14-12-16)22(30)15-29-21-6-4-3-5-20(21)27-23(29)17(2)26-24(31)18-7-9-19(25)10-8-18/h3-10,16-17H,11-15H2,1-2H3,(H,26,31). The molecule has 162 valence electrons. The van der Waals surface area contributed by atoms with Gasteiger partial charge in [-0.2, -0.15) is 0 Å². The summed E-state index contributed by atoms with van der Waals surface area (Å²) in [6.45, 7) is 5.92. The number of halogens is 1. The van der Waals surface area contributed by atoms with Crippen LogP contribution < -0.4 is 5.32 Å². The van der Waals surface area contributed by atoms with Gasteiger partial charge >= 0.3 is 0 Å². The minimum atomic E-state index is -0.371. The number of amides is 2. The van der Waals surface area contributed by atoms with Crippen molar-refractivity contribution in [3.05, 3.63) is 64.9 Å². The van der Waals surface area contributed by atoms with Crippen molar-refractivity contribution in [1.82, 2.24) is 19.8 Å². The van der Waals surface area contributed by atoms with Gasteiger partial charge in [0.25, 0.3) is 5.91 Å². The molecule has 4 rings (SSSR count). The minimum Gasteiger partial charge on any atom is -0.342 e. The van der Waals surface area contributed by atoms with Gasteiger partial charge in [-0.1, -0.05) is 30.7 Å². The fourth-order valence-electron chi connectivity index (χ4n) is 4.03. The van der Waals surface area contributed by atoms with Gasteiger partial charge in [-0.05, 0) is 62.1 Å². The Morgan fingerprint density at radius 1 is 1.13 bits per heavy atom. The van der Waals surface area contributed by atoms with E-state index in [1.54, 1.807) is 24.3 Å². The van der Waals surface area contributed by atoms with Crippen LogP contribution in [-0.2, 0) is 11.3 Å². The molecule has 2 amide bonds. The van der Waals surface area contributed by atoms with E-state index in [9.17, 15) is 9.59 Å². The minimum absolute atomic E-state index is 0.0903. The molecule has 1 unspecified atom stereocenters. The first-order chi connectivity index (χ1) is 14.9. The highest BCUT2D eigenvalue weighted by Crippen LogP contribution is 2.23. The van der Waals surface area contributed by atoms with Crippen LogP contribution >= 0.6 is 11.6 Å². The van der Waals surface area contributed by atoms with Gasteiger partial charge in [0, 0.05) is 23.7 Å². The Morgan fingerprint density at radius 3 is 2.52 bits per heavy atom. The van der Waals surface area contributed by atoms with Crippen LogP contribution in [0.2, 0.25) is 5.02 Å². The second-order valence-corrected chi connectivity index (χ2v) is 8.75. The summed E-state index contributed by atoms with van der Waals surface area (Å²) in [7, 11) is 0. The van der Waals surface area contributed by atoms with Crippen molar-refractivity contribution in [3.63, 3.8) is 0 Å². The van der Waals surface area contributed by atoms with E-state index in [0.717, 1.165) is 37.0 Å². The zero-order valence-electron chi connectivity index (χ0n) is 17.8. The molecule has 0 spiro atoms. The summed E-state index contributed by atoms with van der Waals surface area (Å²) in [5.74, 6) is 1.21. The molecular weight excluding hydrogens is 412 g/mol. The van der Waals surface area contributed by atoms with Crippen molar-refractivity contribution in [2.45, 2.75) is 39.3 Å². The SMILES string of the molecule is CC1CCN(C(=O)Cn2c(C(C)NC(=O)c3ccc(Cl)cc3)nc3ccccc32)CC1. The number of nitrogens with one attached hydrogen (secondary N) is 1. The molecule has 2 aromatic carbocycles. The summed E-state index contributed by atoms with van der Waals surface area (Å²) >= 11 is 5.92. The number of hydrogen-bond acceptors (Lipinski definition) is 3. The molecular formula is C24H27ClN4O2. The molecule has 1 fully saturated rings. The van der Waals surface area contributed by atoms with Crippen LogP contribution in [0.3, 0.4) is 0 Å². The highest BCUT2D eigenvalue weighted by atomic mass is 35.5. The van der Waals surface area contributed by atoms with E-state index in [1.807, 2.05) is 40.7 Å². The van der Waals surface area contributed by atoms with Gasteiger partial charge in [-0.3, -0.25) is 9.59 Å². The maximum Gasteiger partial charge on any atom is 0.251 e. The van der Waals surface area contributed by atoms with E-state index in [1.165, 1.54) is 0 Å². The predicted octanol–water partition coefficient (Wildman–Crippen LogP) is 4.44. The topological polar surface area (TPSA) is 67.2 Å². The number of carbonyl (C=O) groups is 2. The van der Waals surface area contributed by atoms with Crippen LogP contribution in [0.5, 0.6) is 0 Å². The summed E-state index contributed by atoms with van der Waals surface area (Å²) in [6.07, 6.45) is 2.08. The fourth-order valence-corrected chi connectivity index (χ4v) is 4.16. The van der Waals surface area contributed by atoms with Gasteiger partial charge in [0.1, 0.15) is 12.4 Å². The molecule has 1 N–H and O–H groups in total. The highest BCUT2D eigenvalue weighted by molar-refractivity contribution is 6.30. The third-order valence-corrected chi connectivity index (χ3v) is 6.21. The molecule has 0 bridgehead atoms. The number of para-hydroxylation sites is 2. The van der Waals surface area contributed by atoms with Gasteiger partial charge in [-0.25, -0.2) is 4.98 Å². The van der Waals surface area contributed by atoms with Crippen molar-refractivity contribution in [2.24, 2.45) is 5.92 Å². The van der Waals surface area contributed by atoms with Crippen LogP contribution in [0, 0.1) is 5.92 Å². The molecule has 3 aromatic rings. The van der Waals surface area contributed by atoms with Crippen LogP contribution in [-0.4, -0.2) is 39.4 Å². The molecule has 7 heteroatoms. The first kappa shape index (κ1) is 21.4. The molecule has 1 aromatic heterocycles. The monoisotopic (exact) mass is 438 g/mol. The van der Waals surface area contributed by atoms with E-state index >= 15 is 0 Å². The molecule has 0 radical (unpaired) electrons. The molecule has 2 heterocycles. The van der Waals surface area contributed by atoms with Gasteiger partial charge in [0.15, 0.2) is 0 Å². The van der Waals surface area contributed by atoms with Crippen LogP contribution in [0.25, 0.3) is 11.0 Å². The molecule has 0 saturated carbocycles. The van der Waals surface area contributed by atoms with Crippen molar-refractivity contribution < 1.29 is 9.59 Å². The number of nitrogens with zero attached hydrogens (tertiary/aromatic N) is 3. The first-order valence-corrected chi connectivity index (χ1v) is 11.1. The summed E-state index contributed by atoms with van der Waals surface area (Å²) < 4.78 is 1.93. The average Bonchev–Trinajstić information content (AvgIpc) is 3.13. The van der Waals surface area contributed by atoms with Crippen molar-refractivity contribution in [3.8, 4) is 0 Å². The molecule has 1 aliphatic rings. The second kappa shape index (κ2) is 9.10. The first-order valence-electron chi connectivity index (χ1n) is 10.7. The van der Waals surface area contributed by atoms with Crippen LogP contribution in [0.4, 0.5) is 0 Å². The lowest BCUT2D eigenvalue weighted by molar-refractivity contribution is -0.133. The van der Waals surface area contributed by atoms with E-state index in [0.29, 0.717) is 22.3 Å². The molecule has 1 aliphatic heterocycles. The third kappa shape index (κ3) is 4.74. The van der Waals surface area contributed by atoms with Gasteiger partial charge in [0.05, 0.1) is 17.1 Å². The predicted molar refractivity (Wildman–Crippen MR) is 122 cm³/mol. The summed E-state index contributed by atoms with van der Waals surface area (Å²) in [4.78, 5) is 32.4. The Morgan fingerprint density at radius 2 is 1.81 bits per heavy atom. The van der Waals surface area contributed by atoms with E-state index in [-0.39, 0.29) is 24.4 Å². The molecule has 6 nitrogen and oxygen atoms in total. The van der Waals surface area contributed by atoms with E-state index in [4.69, 9.17) is 16.6 Å². The maximum absolute atomic E-state index is 13.0. The number of piperidine rings is 1. The van der Waals surface area contributed by atoms with Gasteiger partial charge in [-0.15, -0.1) is 0 Å². The number of hydrogen-bond donors (Lipinski definition) is 1. The molecule has 1 saturated heterocycles. The number of likely N-dealkylation sites (tertiary alicyclic amines) is 1. The number of rotatable bonds is 5. The third-order valence-electron chi connectivity index (χ3n) is 5.96. The molecule has 1 atom stereocenters. The fraction of sp³-hybridized carbons (Fsp3) is 0.375. The van der Waals surface area contributed by atoms with Crippen LogP contribution in [0.1, 0.15) is 48.9 Å². The summed E-state index contributed by atoms with van der Waals surface area (Å²) in [5, 5.41) is 3.58. The number of aromatic nitrogens is 2. The summed E-state index contributed by atoms with van der Waals surface area (Å²) in [5.41, 5.74) is 2.23. The number of imidazole rings is 1. The Labute approximate surface area is 187 Å². The van der Waals surface area contributed by atoms with Crippen LogP contribution in [0.15, 0.2) is 48.5 Å². The maximum atomic E-state index is 13.0. The largest absolute Gasteiger partial charge is 0.342 e. The number of fused-ring (bicyclic) bond motifs is 1. The number of carbonyl (C=O) groups excluding carboxylic acids is 2. The Hall–Kier alpha value is -2.86. The second-order valence-electron chi connectivity index (χ2n) is 8.31. The summed E-state index contributed by atoms with van der Waals surface area (Å²) in [6, 6.07) is 14.1. The van der Waals surface area contributed by atoms with Gasteiger partial charge in [0.2, 0.25) is 5.91 Å². The lowest BCUT2D eigenvalue weighted by Crippen LogP contribution is -2.40. The van der Waals surface area contributed by atoms with Crippen molar-refractivity contribution in [2.75, 3.05) is 13.1 Å². The van der Waals surface area contributed by atoms with E-state index < -0.39 is 0 Å². The number of benzene rings is 2. The Kier molecular flexibility index (Phi) is 6.28. The average molecular weight is 439 g/mol.